The lowest BCUT2D eigenvalue weighted by atomic mass is 10.2. The lowest BCUT2D eigenvalue weighted by molar-refractivity contribution is 0.0658. The van der Waals surface area contributed by atoms with Gasteiger partial charge in [0.25, 0.3) is 0 Å². The van der Waals surface area contributed by atoms with Crippen molar-refractivity contribution in [2.75, 3.05) is 26.9 Å². The first-order valence-corrected chi connectivity index (χ1v) is 7.63. The van der Waals surface area contributed by atoms with E-state index < -0.39 is 0 Å². The SMILES string of the molecule is COCCOCCn1nc(CNC2CC2)c2ccccc21. The minimum Gasteiger partial charge on any atom is -0.382 e. The Labute approximate surface area is 125 Å². The maximum atomic E-state index is 5.54. The average molecular weight is 289 g/mol. The summed E-state index contributed by atoms with van der Waals surface area (Å²) in [6.07, 6.45) is 2.60. The Morgan fingerprint density at radius 3 is 2.90 bits per heavy atom. The third kappa shape index (κ3) is 3.81. The molecule has 0 atom stereocenters. The van der Waals surface area contributed by atoms with E-state index in [-0.39, 0.29) is 0 Å². The molecule has 0 spiro atoms. The highest BCUT2D eigenvalue weighted by atomic mass is 16.5. The molecule has 0 radical (unpaired) electrons. The lowest BCUT2D eigenvalue weighted by Gasteiger charge is -2.05. The van der Waals surface area contributed by atoms with Gasteiger partial charge in [0.2, 0.25) is 0 Å². The van der Waals surface area contributed by atoms with Gasteiger partial charge in [0.1, 0.15) is 0 Å². The van der Waals surface area contributed by atoms with Crippen molar-refractivity contribution in [3.63, 3.8) is 0 Å². The van der Waals surface area contributed by atoms with Crippen LogP contribution < -0.4 is 5.32 Å². The molecule has 0 amide bonds. The van der Waals surface area contributed by atoms with Crippen LogP contribution in [0.4, 0.5) is 0 Å². The minimum absolute atomic E-state index is 0.631. The summed E-state index contributed by atoms with van der Waals surface area (Å²) in [7, 11) is 1.68. The van der Waals surface area contributed by atoms with Crippen LogP contribution in [0.3, 0.4) is 0 Å². The van der Waals surface area contributed by atoms with Crippen molar-refractivity contribution in [3.8, 4) is 0 Å². The van der Waals surface area contributed by atoms with Gasteiger partial charge >= 0.3 is 0 Å². The van der Waals surface area contributed by atoms with E-state index in [9.17, 15) is 0 Å². The molecule has 5 nitrogen and oxygen atoms in total. The first kappa shape index (κ1) is 14.5. The van der Waals surface area contributed by atoms with Crippen molar-refractivity contribution in [2.24, 2.45) is 0 Å². The smallest absolute Gasteiger partial charge is 0.0841 e. The Kier molecular flexibility index (Phi) is 4.85. The predicted octanol–water partition coefficient (Wildman–Crippen LogP) is 1.95. The zero-order valence-corrected chi connectivity index (χ0v) is 12.5. The number of para-hydroxylation sites is 1. The van der Waals surface area contributed by atoms with E-state index in [0.717, 1.165) is 18.8 Å². The summed E-state index contributed by atoms with van der Waals surface area (Å²) < 4.78 is 12.6. The number of nitrogens with zero attached hydrogens (tertiary/aromatic N) is 2. The number of hydrogen-bond acceptors (Lipinski definition) is 4. The van der Waals surface area contributed by atoms with Crippen LogP contribution in [0.25, 0.3) is 10.9 Å². The van der Waals surface area contributed by atoms with Crippen molar-refractivity contribution in [3.05, 3.63) is 30.0 Å². The molecule has 5 heteroatoms. The molecule has 1 N–H and O–H groups in total. The van der Waals surface area contributed by atoms with Crippen molar-refractivity contribution in [2.45, 2.75) is 32.0 Å². The van der Waals surface area contributed by atoms with E-state index in [2.05, 4.69) is 29.6 Å². The molecular weight excluding hydrogens is 266 g/mol. The van der Waals surface area contributed by atoms with Crippen molar-refractivity contribution >= 4 is 10.9 Å². The molecule has 1 aromatic heterocycles. The van der Waals surface area contributed by atoms with Crippen molar-refractivity contribution in [1.29, 1.82) is 0 Å². The van der Waals surface area contributed by atoms with Crippen LogP contribution in [0.2, 0.25) is 0 Å². The van der Waals surface area contributed by atoms with Gasteiger partial charge in [0.05, 0.1) is 37.6 Å². The highest BCUT2D eigenvalue weighted by molar-refractivity contribution is 5.81. The molecule has 0 saturated heterocycles. The second-order valence-electron chi connectivity index (χ2n) is 5.45. The summed E-state index contributed by atoms with van der Waals surface area (Å²) in [5.74, 6) is 0. The Bertz CT molecular complexity index is 578. The molecule has 1 aliphatic carbocycles. The number of hydrogen-bond donors (Lipinski definition) is 1. The third-order valence-corrected chi connectivity index (χ3v) is 3.75. The molecule has 0 unspecified atom stereocenters. The molecule has 1 aliphatic rings. The van der Waals surface area contributed by atoms with E-state index in [1.807, 2.05) is 4.68 Å². The first-order chi connectivity index (χ1) is 10.4. The van der Waals surface area contributed by atoms with Crippen LogP contribution in [0.5, 0.6) is 0 Å². The Balaban J connectivity index is 1.65. The molecule has 114 valence electrons. The highest BCUT2D eigenvalue weighted by Crippen LogP contribution is 2.22. The van der Waals surface area contributed by atoms with E-state index in [1.165, 1.54) is 23.7 Å². The quantitative estimate of drug-likeness (QED) is 0.717. The summed E-state index contributed by atoms with van der Waals surface area (Å²) in [6.45, 7) is 3.54. The monoisotopic (exact) mass is 289 g/mol. The fourth-order valence-corrected chi connectivity index (χ4v) is 2.42. The number of methoxy groups -OCH3 is 1. The molecule has 1 saturated carbocycles. The molecule has 1 heterocycles. The molecule has 21 heavy (non-hydrogen) atoms. The normalized spacial score (nSPS) is 14.9. The number of nitrogens with one attached hydrogen (secondary N) is 1. The van der Waals surface area contributed by atoms with Crippen LogP contribution >= 0.6 is 0 Å². The molecule has 1 fully saturated rings. The summed E-state index contributed by atoms with van der Waals surface area (Å²) in [5.41, 5.74) is 2.31. The standard InChI is InChI=1S/C16H23N3O2/c1-20-10-11-21-9-8-19-16-5-3-2-4-14(16)15(18-19)12-17-13-6-7-13/h2-5,13,17H,6-12H2,1H3. The minimum atomic E-state index is 0.631. The maximum absolute atomic E-state index is 5.54. The Hall–Kier alpha value is -1.43. The van der Waals surface area contributed by atoms with Gasteiger partial charge in [-0.2, -0.15) is 5.10 Å². The number of rotatable bonds is 9. The Morgan fingerprint density at radius 1 is 1.24 bits per heavy atom. The van der Waals surface area contributed by atoms with Gasteiger partial charge in [-0.05, 0) is 18.9 Å². The van der Waals surface area contributed by atoms with E-state index in [1.54, 1.807) is 7.11 Å². The van der Waals surface area contributed by atoms with Gasteiger partial charge < -0.3 is 14.8 Å². The van der Waals surface area contributed by atoms with E-state index >= 15 is 0 Å². The van der Waals surface area contributed by atoms with Gasteiger partial charge in [-0.15, -0.1) is 0 Å². The molecule has 3 rings (SSSR count). The summed E-state index contributed by atoms with van der Waals surface area (Å²) in [4.78, 5) is 0. The number of benzene rings is 1. The molecule has 0 aliphatic heterocycles. The predicted molar refractivity (Wildman–Crippen MR) is 82.3 cm³/mol. The van der Waals surface area contributed by atoms with Crippen molar-refractivity contribution in [1.82, 2.24) is 15.1 Å². The fourth-order valence-electron chi connectivity index (χ4n) is 2.42. The van der Waals surface area contributed by atoms with Gasteiger partial charge in [-0.1, -0.05) is 18.2 Å². The van der Waals surface area contributed by atoms with Crippen LogP contribution in [0.15, 0.2) is 24.3 Å². The largest absolute Gasteiger partial charge is 0.382 e. The molecule has 2 aromatic rings. The molecule has 1 aromatic carbocycles. The second-order valence-corrected chi connectivity index (χ2v) is 5.45. The maximum Gasteiger partial charge on any atom is 0.0841 e. The average Bonchev–Trinajstić information content (AvgIpc) is 3.28. The summed E-state index contributed by atoms with van der Waals surface area (Å²) in [6, 6.07) is 9.10. The van der Waals surface area contributed by atoms with Crippen LogP contribution in [-0.2, 0) is 22.6 Å². The zero-order valence-electron chi connectivity index (χ0n) is 12.5. The number of fused-ring (bicyclic) bond motifs is 1. The van der Waals surface area contributed by atoms with Gasteiger partial charge in [-0.3, -0.25) is 4.68 Å². The van der Waals surface area contributed by atoms with E-state index in [0.29, 0.717) is 25.9 Å². The van der Waals surface area contributed by atoms with Gasteiger partial charge in [-0.25, -0.2) is 0 Å². The van der Waals surface area contributed by atoms with Crippen LogP contribution in [0, 0.1) is 0 Å². The summed E-state index contributed by atoms with van der Waals surface area (Å²) >= 11 is 0. The van der Waals surface area contributed by atoms with Gasteiger partial charge in [0.15, 0.2) is 0 Å². The molecular formula is C16H23N3O2. The van der Waals surface area contributed by atoms with E-state index in [4.69, 9.17) is 14.6 Å². The third-order valence-electron chi connectivity index (χ3n) is 3.75. The lowest BCUT2D eigenvalue weighted by Crippen LogP contribution is -2.16. The zero-order chi connectivity index (χ0) is 14.5. The summed E-state index contributed by atoms with van der Waals surface area (Å²) in [5, 5.41) is 9.53. The second kappa shape index (κ2) is 7.02. The van der Waals surface area contributed by atoms with Crippen LogP contribution in [0.1, 0.15) is 18.5 Å². The van der Waals surface area contributed by atoms with Gasteiger partial charge in [0, 0.05) is 25.1 Å². The number of aromatic nitrogens is 2. The Morgan fingerprint density at radius 2 is 2.10 bits per heavy atom. The topological polar surface area (TPSA) is 48.3 Å². The van der Waals surface area contributed by atoms with Crippen LogP contribution in [-0.4, -0.2) is 42.8 Å². The highest BCUT2D eigenvalue weighted by Gasteiger charge is 2.21. The number of ether oxygens (including phenoxy) is 2. The fraction of sp³-hybridized carbons (Fsp3) is 0.562. The first-order valence-electron chi connectivity index (χ1n) is 7.63. The van der Waals surface area contributed by atoms with Crippen molar-refractivity contribution < 1.29 is 9.47 Å². The molecule has 0 bridgehead atoms.